The minimum atomic E-state index is -0.762. The Hall–Kier alpha value is -1.60. The zero-order chi connectivity index (χ0) is 10.6. The summed E-state index contributed by atoms with van der Waals surface area (Å²) >= 11 is 0. The molecule has 4 heteroatoms. The molecule has 0 heterocycles. The lowest BCUT2D eigenvalue weighted by atomic mass is 10.2. The minimum Gasteiger partial charge on any atom is -0.396 e. The molecule has 1 rings (SSSR count). The Morgan fingerprint density at radius 1 is 1.36 bits per heavy atom. The van der Waals surface area contributed by atoms with Gasteiger partial charge in [-0.3, -0.25) is 0 Å². The van der Waals surface area contributed by atoms with Crippen molar-refractivity contribution >= 4 is 5.69 Å². The number of rotatable bonds is 1. The van der Waals surface area contributed by atoms with Gasteiger partial charge in [-0.15, -0.1) is 0 Å². The van der Waals surface area contributed by atoms with Crippen molar-refractivity contribution in [2.75, 3.05) is 19.3 Å². The van der Waals surface area contributed by atoms with Crippen LogP contribution < -0.4 is 11.1 Å². The maximum Gasteiger partial charge on any atom is 0.149 e. The van der Waals surface area contributed by atoms with Crippen LogP contribution >= 0.6 is 0 Å². The summed E-state index contributed by atoms with van der Waals surface area (Å²) in [6, 6.07) is 1.92. The van der Waals surface area contributed by atoms with E-state index in [1.54, 1.807) is 7.05 Å². The molecule has 2 nitrogen and oxygen atoms in total. The van der Waals surface area contributed by atoms with Gasteiger partial charge >= 0.3 is 0 Å². The second-order valence-electron chi connectivity index (χ2n) is 2.69. The van der Waals surface area contributed by atoms with Gasteiger partial charge in [-0.25, -0.2) is 8.78 Å². The van der Waals surface area contributed by atoms with Crippen LogP contribution in [0.1, 0.15) is 5.56 Å². The van der Waals surface area contributed by atoms with Crippen molar-refractivity contribution in [2.45, 2.75) is 0 Å². The molecule has 0 unspecified atom stereocenters. The van der Waals surface area contributed by atoms with Crippen molar-refractivity contribution in [1.82, 2.24) is 5.32 Å². The van der Waals surface area contributed by atoms with E-state index in [0.717, 1.165) is 6.07 Å². The molecule has 0 aliphatic carbocycles. The highest BCUT2D eigenvalue weighted by Gasteiger charge is 2.04. The number of halogens is 2. The molecule has 1 aromatic carbocycles. The smallest absolute Gasteiger partial charge is 0.149 e. The molecule has 3 N–H and O–H groups in total. The Morgan fingerprint density at radius 2 is 2.07 bits per heavy atom. The number of nitrogens with two attached hydrogens (primary N) is 1. The molecule has 0 aromatic heterocycles. The van der Waals surface area contributed by atoms with Crippen LogP contribution in [0.3, 0.4) is 0 Å². The average Bonchev–Trinajstić information content (AvgIpc) is 2.14. The monoisotopic (exact) mass is 196 g/mol. The molecule has 14 heavy (non-hydrogen) atoms. The van der Waals surface area contributed by atoms with Gasteiger partial charge in [0.2, 0.25) is 0 Å². The molecule has 0 aliphatic heterocycles. The number of nitrogens with one attached hydrogen (secondary N) is 1. The molecule has 74 valence electrons. The molecule has 0 amide bonds. The van der Waals surface area contributed by atoms with Crippen LogP contribution in [-0.4, -0.2) is 13.6 Å². The SMILES string of the molecule is CNCC#Cc1cc(N)c(F)cc1F. The lowest BCUT2D eigenvalue weighted by Crippen LogP contribution is -2.04. The number of hydrogen-bond acceptors (Lipinski definition) is 2. The third-order valence-electron chi connectivity index (χ3n) is 1.57. The predicted molar refractivity (Wildman–Crippen MR) is 51.6 cm³/mol. The van der Waals surface area contributed by atoms with Gasteiger partial charge in [-0.2, -0.15) is 0 Å². The third-order valence-corrected chi connectivity index (χ3v) is 1.57. The molecule has 0 atom stereocenters. The van der Waals surface area contributed by atoms with Crippen LogP contribution in [-0.2, 0) is 0 Å². The summed E-state index contributed by atoms with van der Waals surface area (Å²) in [5.74, 6) is 3.75. The quantitative estimate of drug-likeness (QED) is 0.521. The number of anilines is 1. The zero-order valence-electron chi connectivity index (χ0n) is 7.70. The topological polar surface area (TPSA) is 38.0 Å². The van der Waals surface area contributed by atoms with Crippen molar-refractivity contribution in [2.24, 2.45) is 0 Å². The van der Waals surface area contributed by atoms with Crippen molar-refractivity contribution in [3.63, 3.8) is 0 Å². The molecule has 0 saturated carbocycles. The van der Waals surface area contributed by atoms with Gasteiger partial charge in [0.05, 0.1) is 17.8 Å². The summed E-state index contributed by atoms with van der Waals surface area (Å²) in [6.07, 6.45) is 0. The van der Waals surface area contributed by atoms with Crippen molar-refractivity contribution < 1.29 is 8.78 Å². The first-order valence-electron chi connectivity index (χ1n) is 4.03. The summed E-state index contributed by atoms with van der Waals surface area (Å²) < 4.78 is 25.8. The number of nitrogen functional groups attached to an aromatic ring is 1. The van der Waals surface area contributed by atoms with E-state index in [0.29, 0.717) is 6.54 Å². The molecule has 0 radical (unpaired) electrons. The highest BCUT2D eigenvalue weighted by Crippen LogP contribution is 2.15. The highest BCUT2D eigenvalue weighted by molar-refractivity contribution is 5.49. The Bertz CT molecular complexity index is 391. The van der Waals surface area contributed by atoms with Gasteiger partial charge in [0.25, 0.3) is 0 Å². The molecular formula is C10H10F2N2. The zero-order valence-corrected chi connectivity index (χ0v) is 7.70. The van der Waals surface area contributed by atoms with Crippen molar-refractivity contribution in [1.29, 1.82) is 0 Å². The summed E-state index contributed by atoms with van der Waals surface area (Å²) in [5, 5.41) is 2.78. The maximum atomic E-state index is 13.0. The van der Waals surface area contributed by atoms with Crippen LogP contribution in [0.2, 0.25) is 0 Å². The molecule has 0 aliphatic rings. The largest absolute Gasteiger partial charge is 0.396 e. The summed E-state index contributed by atoms with van der Waals surface area (Å²) in [7, 11) is 1.73. The molecule has 1 aromatic rings. The fourth-order valence-corrected chi connectivity index (χ4v) is 0.889. The Balaban J connectivity index is 3.00. The summed E-state index contributed by atoms with van der Waals surface area (Å²) in [4.78, 5) is 0. The van der Waals surface area contributed by atoms with E-state index in [4.69, 9.17) is 5.73 Å². The lowest BCUT2D eigenvalue weighted by molar-refractivity contribution is 0.584. The first-order valence-corrected chi connectivity index (χ1v) is 4.03. The van der Waals surface area contributed by atoms with Crippen LogP contribution in [0, 0.1) is 23.5 Å². The van der Waals surface area contributed by atoms with Crippen LogP contribution in [0.4, 0.5) is 14.5 Å². The second-order valence-corrected chi connectivity index (χ2v) is 2.69. The highest BCUT2D eigenvalue weighted by atomic mass is 19.1. The van der Waals surface area contributed by atoms with Gasteiger partial charge in [0, 0.05) is 6.07 Å². The van der Waals surface area contributed by atoms with E-state index in [9.17, 15) is 8.78 Å². The van der Waals surface area contributed by atoms with E-state index in [-0.39, 0.29) is 11.3 Å². The lowest BCUT2D eigenvalue weighted by Gasteiger charge is -1.98. The van der Waals surface area contributed by atoms with Gasteiger partial charge in [0.1, 0.15) is 11.6 Å². The summed E-state index contributed by atoms with van der Waals surface area (Å²) in [6.45, 7) is 0.441. The van der Waals surface area contributed by atoms with E-state index >= 15 is 0 Å². The number of benzene rings is 1. The van der Waals surface area contributed by atoms with E-state index in [1.165, 1.54) is 6.07 Å². The Labute approximate surface area is 81.1 Å². The fourth-order valence-electron chi connectivity index (χ4n) is 0.889. The van der Waals surface area contributed by atoms with Crippen LogP contribution in [0.5, 0.6) is 0 Å². The predicted octanol–water partition coefficient (Wildman–Crippen LogP) is 1.12. The van der Waals surface area contributed by atoms with Gasteiger partial charge in [-0.05, 0) is 13.1 Å². The second kappa shape index (κ2) is 4.58. The fraction of sp³-hybridized carbons (Fsp3) is 0.200. The molecule has 0 bridgehead atoms. The van der Waals surface area contributed by atoms with E-state index in [2.05, 4.69) is 17.2 Å². The number of hydrogen-bond donors (Lipinski definition) is 2. The van der Waals surface area contributed by atoms with Gasteiger partial charge in [-0.1, -0.05) is 11.8 Å². The van der Waals surface area contributed by atoms with Crippen molar-refractivity contribution in [3.8, 4) is 11.8 Å². The van der Waals surface area contributed by atoms with Crippen LogP contribution in [0.15, 0.2) is 12.1 Å². The molecule has 0 fully saturated rings. The Kier molecular flexibility index (Phi) is 3.43. The minimum absolute atomic E-state index is 0.0971. The average molecular weight is 196 g/mol. The first kappa shape index (κ1) is 10.5. The first-order chi connectivity index (χ1) is 6.65. The molecular weight excluding hydrogens is 186 g/mol. The maximum absolute atomic E-state index is 13.0. The van der Waals surface area contributed by atoms with Gasteiger partial charge < -0.3 is 11.1 Å². The van der Waals surface area contributed by atoms with E-state index < -0.39 is 11.6 Å². The molecule has 0 spiro atoms. The van der Waals surface area contributed by atoms with E-state index in [1.807, 2.05) is 0 Å². The summed E-state index contributed by atoms with van der Waals surface area (Å²) in [5.41, 5.74) is 5.28. The standard InChI is InChI=1S/C10H10F2N2/c1-14-4-2-3-7-5-10(13)9(12)6-8(7)11/h5-6,14H,4,13H2,1H3. The van der Waals surface area contributed by atoms with Crippen LogP contribution in [0.25, 0.3) is 0 Å². The van der Waals surface area contributed by atoms with Gasteiger partial charge in [0.15, 0.2) is 0 Å². The van der Waals surface area contributed by atoms with Crippen molar-refractivity contribution in [3.05, 3.63) is 29.3 Å². The normalized spacial score (nSPS) is 9.36. The molecule has 0 saturated heterocycles. The third kappa shape index (κ3) is 2.44. The Morgan fingerprint density at radius 3 is 2.71 bits per heavy atom.